The number of nitrogens with zero attached hydrogens (tertiary/aromatic N) is 2. The zero-order valence-corrected chi connectivity index (χ0v) is 15.4. The molecule has 0 bridgehead atoms. The van der Waals surface area contributed by atoms with Crippen molar-refractivity contribution in [2.75, 3.05) is 18.5 Å². The smallest absolute Gasteiger partial charge is 0.319 e. The number of hydrogen-bond acceptors (Lipinski definition) is 3. The van der Waals surface area contributed by atoms with Gasteiger partial charge in [0, 0.05) is 6.61 Å². The van der Waals surface area contributed by atoms with Crippen molar-refractivity contribution in [3.63, 3.8) is 0 Å². The zero-order chi connectivity index (χ0) is 18.0. The average Bonchev–Trinajstić information content (AvgIpc) is 3.14. The summed E-state index contributed by atoms with van der Waals surface area (Å²) in [5, 5.41) is 11.0. The third kappa shape index (κ3) is 3.80. The highest BCUT2D eigenvalue weighted by atomic mass is 35.5. The number of urea groups is 1. The van der Waals surface area contributed by atoms with Crippen molar-refractivity contribution in [2.45, 2.75) is 38.6 Å². The Bertz CT molecular complexity index is 766. The van der Waals surface area contributed by atoms with Crippen molar-refractivity contribution in [1.82, 2.24) is 15.1 Å². The molecule has 1 aromatic heterocycles. The summed E-state index contributed by atoms with van der Waals surface area (Å²) in [5.41, 5.74) is 2.03. The Balaban J connectivity index is 1.85. The summed E-state index contributed by atoms with van der Waals surface area (Å²) in [7, 11) is 0. The third-order valence-corrected chi connectivity index (χ3v) is 4.64. The van der Waals surface area contributed by atoms with Gasteiger partial charge in [-0.3, -0.25) is 0 Å². The van der Waals surface area contributed by atoms with Crippen LogP contribution in [0.4, 0.5) is 10.5 Å². The molecule has 6 nitrogen and oxygen atoms in total. The predicted octanol–water partition coefficient (Wildman–Crippen LogP) is 3.95. The van der Waals surface area contributed by atoms with Crippen LogP contribution in [0, 0.1) is 0 Å². The van der Waals surface area contributed by atoms with Crippen LogP contribution in [0.25, 0.3) is 5.69 Å². The average molecular weight is 363 g/mol. The van der Waals surface area contributed by atoms with Gasteiger partial charge in [-0.25, -0.2) is 9.48 Å². The van der Waals surface area contributed by atoms with Gasteiger partial charge < -0.3 is 15.4 Å². The Morgan fingerprint density at radius 3 is 2.80 bits per heavy atom. The number of rotatable bonds is 4. The van der Waals surface area contributed by atoms with Crippen molar-refractivity contribution in [2.24, 2.45) is 0 Å². The Morgan fingerprint density at radius 2 is 2.16 bits per heavy atom. The van der Waals surface area contributed by atoms with Crippen LogP contribution >= 0.6 is 11.6 Å². The van der Waals surface area contributed by atoms with Gasteiger partial charge in [0.25, 0.3) is 0 Å². The first-order chi connectivity index (χ1) is 11.9. The fourth-order valence-corrected chi connectivity index (χ4v) is 3.23. The first-order valence-corrected chi connectivity index (χ1v) is 8.77. The number of benzene rings is 1. The van der Waals surface area contributed by atoms with E-state index in [1.807, 2.05) is 31.2 Å². The summed E-state index contributed by atoms with van der Waals surface area (Å²) in [4.78, 5) is 12.4. The molecule has 1 unspecified atom stereocenters. The van der Waals surface area contributed by atoms with Crippen LogP contribution in [0.1, 0.15) is 38.8 Å². The highest BCUT2D eigenvalue weighted by molar-refractivity contribution is 6.32. The molecule has 1 fully saturated rings. The highest BCUT2D eigenvalue weighted by Gasteiger charge is 2.31. The number of ether oxygens (including phenoxy) is 1. The van der Waals surface area contributed by atoms with E-state index in [0.717, 1.165) is 17.8 Å². The van der Waals surface area contributed by atoms with E-state index in [2.05, 4.69) is 29.6 Å². The van der Waals surface area contributed by atoms with Crippen LogP contribution in [-0.4, -0.2) is 34.6 Å². The van der Waals surface area contributed by atoms with Gasteiger partial charge in [-0.15, -0.1) is 0 Å². The second kappa shape index (κ2) is 7.06. The van der Waals surface area contributed by atoms with Crippen LogP contribution in [0.5, 0.6) is 0 Å². The number of amides is 2. The van der Waals surface area contributed by atoms with Gasteiger partial charge in [-0.2, -0.15) is 5.10 Å². The lowest BCUT2D eigenvalue weighted by atomic mass is 10.0. The fraction of sp³-hybridized carbons (Fsp3) is 0.444. The molecule has 1 aliphatic heterocycles. The largest absolute Gasteiger partial charge is 0.379 e. The van der Waals surface area contributed by atoms with E-state index in [-0.39, 0.29) is 17.5 Å². The summed E-state index contributed by atoms with van der Waals surface area (Å²) < 4.78 is 7.16. The lowest BCUT2D eigenvalue weighted by Crippen LogP contribution is -2.48. The summed E-state index contributed by atoms with van der Waals surface area (Å²) in [6, 6.07) is 7.26. The molecule has 1 aliphatic rings. The van der Waals surface area contributed by atoms with Gasteiger partial charge in [0.15, 0.2) is 0 Å². The molecule has 2 N–H and O–H groups in total. The standard InChI is InChI=1S/C18H23ClN4O2/c1-12(2)16-14(21-17(24)22-18(3)8-9-25-11-18)10-20-23(16)15-7-5-4-6-13(15)19/h4-7,10,12H,8-9,11H2,1-3H3,(H2,21,22,24). The minimum Gasteiger partial charge on any atom is -0.379 e. The Morgan fingerprint density at radius 1 is 1.40 bits per heavy atom. The SMILES string of the molecule is CC(C)c1c(NC(=O)NC2(C)CCOC2)cnn1-c1ccccc1Cl. The van der Waals surface area contributed by atoms with Crippen LogP contribution in [-0.2, 0) is 4.74 Å². The molecule has 0 aliphatic carbocycles. The molecule has 1 atom stereocenters. The lowest BCUT2D eigenvalue weighted by molar-refractivity contribution is 0.172. The molecule has 2 amide bonds. The second-order valence-electron chi connectivity index (χ2n) is 6.90. The van der Waals surface area contributed by atoms with Crippen molar-refractivity contribution in [3.05, 3.63) is 41.2 Å². The Kier molecular flexibility index (Phi) is 5.01. The van der Waals surface area contributed by atoms with Gasteiger partial charge >= 0.3 is 6.03 Å². The summed E-state index contributed by atoms with van der Waals surface area (Å²) >= 11 is 6.31. The second-order valence-corrected chi connectivity index (χ2v) is 7.31. The maximum Gasteiger partial charge on any atom is 0.319 e. The number of hydrogen-bond donors (Lipinski definition) is 2. The molecule has 7 heteroatoms. The number of carbonyl (C=O) groups is 1. The minimum absolute atomic E-state index is 0.152. The Hall–Kier alpha value is -2.05. The van der Waals surface area contributed by atoms with Crippen LogP contribution in [0.15, 0.2) is 30.5 Å². The molecule has 2 heterocycles. The maximum absolute atomic E-state index is 12.4. The lowest BCUT2D eigenvalue weighted by Gasteiger charge is -2.23. The van der Waals surface area contributed by atoms with E-state index in [1.54, 1.807) is 10.9 Å². The Labute approximate surface area is 152 Å². The minimum atomic E-state index is -0.333. The van der Waals surface area contributed by atoms with Gasteiger partial charge in [0.1, 0.15) is 0 Å². The highest BCUT2D eigenvalue weighted by Crippen LogP contribution is 2.30. The maximum atomic E-state index is 12.4. The van der Waals surface area contributed by atoms with Gasteiger partial charge in [0.2, 0.25) is 0 Å². The van der Waals surface area contributed by atoms with Crippen LogP contribution in [0.3, 0.4) is 0 Å². The number of halogens is 1. The molecule has 0 radical (unpaired) electrons. The van der Waals surface area contributed by atoms with Gasteiger partial charge in [-0.1, -0.05) is 37.6 Å². The molecule has 3 rings (SSSR count). The summed E-state index contributed by atoms with van der Waals surface area (Å²) in [6.07, 6.45) is 2.46. The predicted molar refractivity (Wildman–Crippen MR) is 98.7 cm³/mol. The van der Waals surface area contributed by atoms with E-state index >= 15 is 0 Å². The number of anilines is 1. The van der Waals surface area contributed by atoms with Crippen LogP contribution in [0.2, 0.25) is 5.02 Å². The van der Waals surface area contributed by atoms with Gasteiger partial charge in [0.05, 0.1) is 40.4 Å². The number of nitrogens with one attached hydrogen (secondary N) is 2. The molecular weight excluding hydrogens is 340 g/mol. The monoisotopic (exact) mass is 362 g/mol. The molecule has 0 saturated carbocycles. The number of carbonyl (C=O) groups excluding carboxylic acids is 1. The van der Waals surface area contributed by atoms with Crippen molar-refractivity contribution in [3.8, 4) is 5.69 Å². The molecule has 1 aromatic carbocycles. The molecule has 1 saturated heterocycles. The molecule has 2 aromatic rings. The molecular formula is C18H23ClN4O2. The zero-order valence-electron chi connectivity index (χ0n) is 14.7. The molecule has 0 spiro atoms. The summed E-state index contributed by atoms with van der Waals surface area (Å²) in [6.45, 7) is 7.28. The van der Waals surface area contributed by atoms with E-state index < -0.39 is 0 Å². The fourth-order valence-electron chi connectivity index (χ4n) is 3.02. The number of para-hydroxylation sites is 1. The topological polar surface area (TPSA) is 68.2 Å². The van der Waals surface area contributed by atoms with E-state index in [0.29, 0.717) is 23.9 Å². The molecule has 134 valence electrons. The van der Waals surface area contributed by atoms with E-state index in [9.17, 15) is 4.79 Å². The van der Waals surface area contributed by atoms with E-state index in [4.69, 9.17) is 16.3 Å². The van der Waals surface area contributed by atoms with Crippen molar-refractivity contribution < 1.29 is 9.53 Å². The number of aromatic nitrogens is 2. The quantitative estimate of drug-likeness (QED) is 0.865. The summed E-state index contributed by atoms with van der Waals surface area (Å²) in [5.74, 6) is 0.152. The van der Waals surface area contributed by atoms with Crippen molar-refractivity contribution in [1.29, 1.82) is 0 Å². The first-order valence-electron chi connectivity index (χ1n) is 8.39. The van der Waals surface area contributed by atoms with Crippen LogP contribution < -0.4 is 10.6 Å². The van der Waals surface area contributed by atoms with Crippen molar-refractivity contribution >= 4 is 23.3 Å². The molecule has 25 heavy (non-hydrogen) atoms. The van der Waals surface area contributed by atoms with Gasteiger partial charge in [-0.05, 0) is 31.4 Å². The first kappa shape index (κ1) is 17.8. The third-order valence-electron chi connectivity index (χ3n) is 4.32. The van der Waals surface area contributed by atoms with E-state index in [1.165, 1.54) is 0 Å². The normalized spacial score (nSPS) is 20.0.